The van der Waals surface area contributed by atoms with Gasteiger partial charge in [-0.2, -0.15) is 0 Å². The molecule has 0 aliphatic carbocycles. The number of hydrogen-bond acceptors (Lipinski definition) is 2. The van der Waals surface area contributed by atoms with Gasteiger partial charge in [0.15, 0.2) is 0 Å². The van der Waals surface area contributed by atoms with Crippen molar-refractivity contribution in [2.75, 3.05) is 0 Å². The molecule has 1 nitrogen and oxygen atoms in total. The van der Waals surface area contributed by atoms with Crippen LogP contribution in [-0.4, -0.2) is 5.11 Å². The molecule has 1 heterocycles. The molecule has 84 valence electrons. The molecule has 0 radical (unpaired) electrons. The highest BCUT2D eigenvalue weighted by molar-refractivity contribution is 7.10. The van der Waals surface area contributed by atoms with Crippen LogP contribution in [0.2, 0.25) is 15.1 Å². The third kappa shape index (κ3) is 2.36. The molecule has 2 aromatic rings. The standard InChI is InChI=1S/C11H7Cl3OS/c12-6-1-2-8(13)7(5-6)10(15)11-9(14)3-4-16-11/h1-5,10,15H. The highest BCUT2D eigenvalue weighted by atomic mass is 35.5. The van der Waals surface area contributed by atoms with Gasteiger partial charge in [-0.15, -0.1) is 11.3 Å². The van der Waals surface area contributed by atoms with Crippen molar-refractivity contribution in [3.05, 3.63) is 55.2 Å². The lowest BCUT2D eigenvalue weighted by Crippen LogP contribution is -1.98. The Morgan fingerprint density at radius 1 is 1.06 bits per heavy atom. The van der Waals surface area contributed by atoms with Crippen molar-refractivity contribution < 1.29 is 5.11 Å². The average molecular weight is 294 g/mol. The van der Waals surface area contributed by atoms with Gasteiger partial charge in [0, 0.05) is 15.6 Å². The Labute approximate surface area is 112 Å². The zero-order valence-corrected chi connectivity index (χ0v) is 11.0. The number of aliphatic hydroxyl groups is 1. The van der Waals surface area contributed by atoms with Crippen molar-refractivity contribution >= 4 is 46.1 Å². The molecule has 5 heteroatoms. The minimum Gasteiger partial charge on any atom is -0.383 e. The monoisotopic (exact) mass is 292 g/mol. The van der Waals surface area contributed by atoms with Crippen LogP contribution in [-0.2, 0) is 0 Å². The fraction of sp³-hybridized carbons (Fsp3) is 0.0909. The summed E-state index contributed by atoms with van der Waals surface area (Å²) in [5.74, 6) is 0. The Hall–Kier alpha value is -0.250. The normalized spacial score (nSPS) is 12.8. The molecule has 0 aliphatic rings. The Morgan fingerprint density at radius 2 is 1.81 bits per heavy atom. The first-order valence-electron chi connectivity index (χ1n) is 4.45. The fourth-order valence-electron chi connectivity index (χ4n) is 1.37. The van der Waals surface area contributed by atoms with Crippen molar-refractivity contribution in [1.82, 2.24) is 0 Å². The van der Waals surface area contributed by atoms with E-state index in [4.69, 9.17) is 34.8 Å². The molecule has 0 saturated heterocycles. The molecule has 0 amide bonds. The van der Waals surface area contributed by atoms with Crippen molar-refractivity contribution in [1.29, 1.82) is 0 Å². The minimum atomic E-state index is -0.835. The lowest BCUT2D eigenvalue weighted by Gasteiger charge is -2.12. The maximum absolute atomic E-state index is 10.1. The van der Waals surface area contributed by atoms with E-state index in [1.165, 1.54) is 11.3 Å². The first kappa shape index (κ1) is 12.2. The lowest BCUT2D eigenvalue weighted by atomic mass is 10.1. The van der Waals surface area contributed by atoms with Crippen LogP contribution in [0.15, 0.2) is 29.6 Å². The number of benzene rings is 1. The highest BCUT2D eigenvalue weighted by Gasteiger charge is 2.18. The zero-order chi connectivity index (χ0) is 11.7. The fourth-order valence-corrected chi connectivity index (χ4v) is 2.93. The van der Waals surface area contributed by atoms with Gasteiger partial charge in [-0.1, -0.05) is 34.8 Å². The van der Waals surface area contributed by atoms with Gasteiger partial charge < -0.3 is 5.11 Å². The number of thiophene rings is 1. The SMILES string of the molecule is OC(c1cc(Cl)ccc1Cl)c1sccc1Cl. The summed E-state index contributed by atoms with van der Waals surface area (Å²) in [6.45, 7) is 0. The van der Waals surface area contributed by atoms with Gasteiger partial charge >= 0.3 is 0 Å². The second-order valence-electron chi connectivity index (χ2n) is 3.20. The van der Waals surface area contributed by atoms with Crippen LogP contribution < -0.4 is 0 Å². The minimum absolute atomic E-state index is 0.473. The molecule has 1 aromatic carbocycles. The van der Waals surface area contributed by atoms with Gasteiger partial charge in [0.05, 0.1) is 9.90 Å². The molecule has 0 bridgehead atoms. The maximum atomic E-state index is 10.1. The van der Waals surface area contributed by atoms with E-state index in [1.807, 2.05) is 5.38 Å². The van der Waals surface area contributed by atoms with Gasteiger partial charge in [0.25, 0.3) is 0 Å². The first-order valence-corrected chi connectivity index (χ1v) is 6.47. The number of halogens is 3. The Balaban J connectivity index is 2.45. The Morgan fingerprint density at radius 3 is 2.44 bits per heavy atom. The third-order valence-electron chi connectivity index (χ3n) is 2.15. The summed E-state index contributed by atoms with van der Waals surface area (Å²) >= 11 is 19.2. The largest absolute Gasteiger partial charge is 0.383 e. The van der Waals surface area contributed by atoms with Gasteiger partial charge in [-0.3, -0.25) is 0 Å². The second-order valence-corrected chi connectivity index (χ2v) is 5.40. The van der Waals surface area contributed by atoms with E-state index in [0.29, 0.717) is 25.5 Å². The molecule has 16 heavy (non-hydrogen) atoms. The summed E-state index contributed by atoms with van der Waals surface area (Å²) in [4.78, 5) is 0.672. The molecule has 2 rings (SSSR count). The summed E-state index contributed by atoms with van der Waals surface area (Å²) in [6, 6.07) is 6.72. The van der Waals surface area contributed by atoms with E-state index in [0.717, 1.165) is 0 Å². The van der Waals surface area contributed by atoms with Gasteiger partial charge in [-0.25, -0.2) is 0 Å². The van der Waals surface area contributed by atoms with Gasteiger partial charge in [0.1, 0.15) is 6.10 Å². The summed E-state index contributed by atoms with van der Waals surface area (Å²) < 4.78 is 0. The predicted octanol–water partition coefficient (Wildman–Crippen LogP) is 4.79. The predicted molar refractivity (Wildman–Crippen MR) is 69.9 cm³/mol. The highest BCUT2D eigenvalue weighted by Crippen LogP contribution is 2.36. The van der Waals surface area contributed by atoms with Crippen molar-refractivity contribution in [3.8, 4) is 0 Å². The molecule has 0 saturated carbocycles. The van der Waals surface area contributed by atoms with Crippen LogP contribution in [0.25, 0.3) is 0 Å². The van der Waals surface area contributed by atoms with Crippen LogP contribution in [0.5, 0.6) is 0 Å². The summed E-state index contributed by atoms with van der Waals surface area (Å²) in [5.41, 5.74) is 0.568. The smallest absolute Gasteiger partial charge is 0.116 e. The number of aliphatic hydroxyl groups excluding tert-OH is 1. The van der Waals surface area contributed by atoms with E-state index in [2.05, 4.69) is 0 Å². The Bertz CT molecular complexity index is 510. The van der Waals surface area contributed by atoms with Crippen molar-refractivity contribution in [2.45, 2.75) is 6.10 Å². The van der Waals surface area contributed by atoms with Crippen molar-refractivity contribution in [2.24, 2.45) is 0 Å². The van der Waals surface area contributed by atoms with Gasteiger partial charge in [0.2, 0.25) is 0 Å². The van der Waals surface area contributed by atoms with E-state index in [-0.39, 0.29) is 0 Å². The van der Waals surface area contributed by atoms with E-state index >= 15 is 0 Å². The zero-order valence-electron chi connectivity index (χ0n) is 7.95. The summed E-state index contributed by atoms with van der Waals surface area (Å²) in [5, 5.41) is 13.5. The summed E-state index contributed by atoms with van der Waals surface area (Å²) in [7, 11) is 0. The molecule has 0 aliphatic heterocycles. The van der Waals surface area contributed by atoms with Gasteiger partial charge in [-0.05, 0) is 29.6 Å². The average Bonchev–Trinajstić information content (AvgIpc) is 2.67. The molecule has 1 unspecified atom stereocenters. The van der Waals surface area contributed by atoms with Crippen LogP contribution in [0.3, 0.4) is 0 Å². The van der Waals surface area contributed by atoms with Crippen LogP contribution in [0, 0.1) is 0 Å². The molecular formula is C11H7Cl3OS. The third-order valence-corrected chi connectivity index (χ3v) is 4.14. The molecule has 1 atom stereocenters. The molecule has 1 aromatic heterocycles. The lowest BCUT2D eigenvalue weighted by molar-refractivity contribution is 0.224. The van der Waals surface area contributed by atoms with E-state index in [9.17, 15) is 5.11 Å². The first-order chi connectivity index (χ1) is 7.59. The number of hydrogen-bond donors (Lipinski definition) is 1. The quantitative estimate of drug-likeness (QED) is 0.844. The van der Waals surface area contributed by atoms with Crippen LogP contribution in [0.4, 0.5) is 0 Å². The summed E-state index contributed by atoms with van der Waals surface area (Å²) in [6.07, 6.45) is -0.835. The topological polar surface area (TPSA) is 20.2 Å². The van der Waals surface area contributed by atoms with E-state index in [1.54, 1.807) is 24.3 Å². The molecular weight excluding hydrogens is 287 g/mol. The van der Waals surface area contributed by atoms with E-state index < -0.39 is 6.10 Å². The number of rotatable bonds is 2. The van der Waals surface area contributed by atoms with Crippen LogP contribution >= 0.6 is 46.1 Å². The molecule has 0 fully saturated rings. The second kappa shape index (κ2) is 4.94. The molecule has 1 N–H and O–H groups in total. The van der Waals surface area contributed by atoms with Crippen molar-refractivity contribution in [3.63, 3.8) is 0 Å². The van der Waals surface area contributed by atoms with Crippen LogP contribution in [0.1, 0.15) is 16.5 Å². The maximum Gasteiger partial charge on any atom is 0.116 e. The molecule has 0 spiro atoms. The Kier molecular flexibility index (Phi) is 3.77.